The summed E-state index contributed by atoms with van der Waals surface area (Å²) in [7, 11) is 2.60. The van der Waals surface area contributed by atoms with E-state index >= 15 is 0 Å². The number of aromatic nitrogens is 2. The maximum Gasteiger partial charge on any atom is 0.376 e. The largest absolute Gasteiger partial charge is 0.497 e. The van der Waals surface area contributed by atoms with Crippen LogP contribution in [0.3, 0.4) is 0 Å². The fourth-order valence-electron chi connectivity index (χ4n) is 3.30. The van der Waals surface area contributed by atoms with E-state index in [1.807, 2.05) is 0 Å². The first-order chi connectivity index (χ1) is 16.3. The maximum absolute atomic E-state index is 12.9. The lowest BCUT2D eigenvalue weighted by molar-refractivity contribution is -0.152. The van der Waals surface area contributed by atoms with Gasteiger partial charge in [0.05, 0.1) is 20.4 Å². The minimum Gasteiger partial charge on any atom is -0.497 e. The fourth-order valence-corrected chi connectivity index (χ4v) is 3.30. The predicted octanol–water partition coefficient (Wildman–Crippen LogP) is 0.971. The Balaban J connectivity index is 1.87. The van der Waals surface area contributed by atoms with Crippen LogP contribution in [0.5, 0.6) is 5.75 Å². The van der Waals surface area contributed by atoms with E-state index in [2.05, 4.69) is 15.0 Å². The van der Waals surface area contributed by atoms with Crippen molar-refractivity contribution in [2.45, 2.75) is 19.0 Å². The number of nitrogens with two attached hydrogens (primary N) is 1. The molecule has 0 fully saturated rings. The molecular formula is C24H24N4O6. The van der Waals surface area contributed by atoms with Crippen molar-refractivity contribution in [2.75, 3.05) is 20.0 Å². The maximum atomic E-state index is 12.9. The smallest absolute Gasteiger partial charge is 0.376 e. The van der Waals surface area contributed by atoms with Crippen LogP contribution in [-0.2, 0) is 32.1 Å². The van der Waals surface area contributed by atoms with Gasteiger partial charge < -0.3 is 20.5 Å². The van der Waals surface area contributed by atoms with Crippen LogP contribution >= 0.6 is 0 Å². The summed E-state index contributed by atoms with van der Waals surface area (Å²) in [6.07, 6.45) is 1.26. The molecule has 1 unspecified atom stereocenters. The van der Waals surface area contributed by atoms with Gasteiger partial charge in [0.2, 0.25) is 5.91 Å². The molecule has 0 spiro atoms. The highest BCUT2D eigenvalue weighted by Crippen LogP contribution is 2.16. The molecule has 0 bridgehead atoms. The molecule has 0 saturated heterocycles. The van der Waals surface area contributed by atoms with Gasteiger partial charge in [-0.2, -0.15) is 0 Å². The number of ketones is 1. The van der Waals surface area contributed by atoms with Crippen molar-refractivity contribution >= 4 is 23.3 Å². The molecule has 3 N–H and O–H groups in total. The number of hydrogen-bond donors (Lipinski definition) is 2. The Morgan fingerprint density at radius 1 is 1.06 bits per heavy atom. The SMILES string of the molecule is COC(=O)C(=O)C(Cc1ccc(OC)cc1)NC(=O)Cn1c(-c2ccccc2)ncc(N)c1=O. The van der Waals surface area contributed by atoms with Gasteiger partial charge in [0.1, 0.15) is 29.8 Å². The minimum absolute atomic E-state index is 0.0271. The van der Waals surface area contributed by atoms with Crippen LogP contribution in [0, 0.1) is 0 Å². The van der Waals surface area contributed by atoms with E-state index in [9.17, 15) is 19.2 Å². The highest BCUT2D eigenvalue weighted by atomic mass is 16.5. The van der Waals surface area contributed by atoms with Gasteiger partial charge >= 0.3 is 5.97 Å². The van der Waals surface area contributed by atoms with E-state index in [-0.39, 0.29) is 17.9 Å². The number of amides is 1. The van der Waals surface area contributed by atoms with Crippen LogP contribution in [0.4, 0.5) is 5.69 Å². The molecule has 10 heteroatoms. The summed E-state index contributed by atoms with van der Waals surface area (Å²) in [6, 6.07) is 14.4. The number of carbonyl (C=O) groups is 3. The first-order valence-corrected chi connectivity index (χ1v) is 10.3. The number of nitrogens with one attached hydrogen (secondary N) is 1. The van der Waals surface area contributed by atoms with Crippen molar-refractivity contribution in [3.63, 3.8) is 0 Å². The number of ether oxygens (including phenoxy) is 2. The Bertz CT molecular complexity index is 1240. The summed E-state index contributed by atoms with van der Waals surface area (Å²) in [5.74, 6) is -1.84. The van der Waals surface area contributed by atoms with E-state index < -0.39 is 35.8 Å². The Morgan fingerprint density at radius 2 is 1.74 bits per heavy atom. The van der Waals surface area contributed by atoms with Gasteiger partial charge in [0, 0.05) is 12.0 Å². The second kappa shape index (κ2) is 10.9. The van der Waals surface area contributed by atoms with Crippen LogP contribution in [0.2, 0.25) is 0 Å². The van der Waals surface area contributed by atoms with Crippen molar-refractivity contribution in [2.24, 2.45) is 0 Å². The first kappa shape index (κ1) is 24.2. The molecule has 1 atom stereocenters. The number of nitrogens with zero attached hydrogens (tertiary/aromatic N) is 2. The number of anilines is 1. The lowest BCUT2D eigenvalue weighted by Gasteiger charge is -2.18. The fraction of sp³-hybridized carbons (Fsp3) is 0.208. The second-order valence-corrected chi connectivity index (χ2v) is 7.32. The lowest BCUT2D eigenvalue weighted by atomic mass is 10.0. The summed E-state index contributed by atoms with van der Waals surface area (Å²) in [6.45, 7) is -0.464. The zero-order chi connectivity index (χ0) is 24.7. The highest BCUT2D eigenvalue weighted by molar-refractivity contribution is 6.36. The van der Waals surface area contributed by atoms with E-state index in [0.29, 0.717) is 16.9 Å². The van der Waals surface area contributed by atoms with Crippen LogP contribution in [0.25, 0.3) is 11.4 Å². The number of hydrogen-bond acceptors (Lipinski definition) is 8. The third-order valence-electron chi connectivity index (χ3n) is 5.04. The van der Waals surface area contributed by atoms with Gasteiger partial charge in [-0.05, 0) is 17.7 Å². The van der Waals surface area contributed by atoms with Crippen molar-refractivity contribution in [3.05, 3.63) is 76.7 Å². The van der Waals surface area contributed by atoms with Crippen LogP contribution in [0.1, 0.15) is 5.56 Å². The molecule has 34 heavy (non-hydrogen) atoms. The molecule has 1 amide bonds. The number of Topliss-reactive ketones (excluding diaryl/α,β-unsaturated/α-hetero) is 1. The zero-order valence-electron chi connectivity index (χ0n) is 18.7. The molecule has 3 aromatic rings. The first-order valence-electron chi connectivity index (χ1n) is 10.3. The van der Waals surface area contributed by atoms with Gasteiger partial charge in [-0.1, -0.05) is 42.5 Å². The average Bonchev–Trinajstić information content (AvgIpc) is 2.86. The lowest BCUT2D eigenvalue weighted by Crippen LogP contribution is -2.47. The molecule has 0 saturated carbocycles. The van der Waals surface area contributed by atoms with E-state index in [0.717, 1.165) is 11.7 Å². The van der Waals surface area contributed by atoms with Crippen LogP contribution < -0.4 is 21.3 Å². The molecule has 1 heterocycles. The molecule has 0 aliphatic carbocycles. The minimum atomic E-state index is -1.21. The number of rotatable bonds is 9. The molecule has 176 valence electrons. The van der Waals surface area contributed by atoms with E-state index in [1.54, 1.807) is 54.6 Å². The van der Waals surface area contributed by atoms with E-state index in [1.165, 1.54) is 13.3 Å². The Labute approximate surface area is 195 Å². The van der Waals surface area contributed by atoms with Crippen molar-refractivity contribution in [1.82, 2.24) is 14.9 Å². The van der Waals surface area contributed by atoms with Gasteiger partial charge in [-0.25, -0.2) is 9.78 Å². The Morgan fingerprint density at radius 3 is 2.35 bits per heavy atom. The standard InChI is InChI=1S/C24H24N4O6/c1-33-17-10-8-15(9-11-17)12-19(21(30)24(32)34-2)27-20(29)14-28-22(16-6-4-3-5-7-16)26-13-18(25)23(28)31/h3-11,13,19H,12,14,25H2,1-2H3,(H,27,29). The summed E-state index contributed by atoms with van der Waals surface area (Å²) in [5, 5.41) is 2.53. The van der Waals surface area contributed by atoms with Crippen LogP contribution in [-0.4, -0.2) is 47.5 Å². The molecule has 0 aliphatic rings. The summed E-state index contributed by atoms with van der Waals surface area (Å²) in [4.78, 5) is 54.3. The molecule has 3 rings (SSSR count). The second-order valence-electron chi connectivity index (χ2n) is 7.32. The van der Waals surface area contributed by atoms with Crippen molar-refractivity contribution in [1.29, 1.82) is 0 Å². The molecular weight excluding hydrogens is 440 g/mol. The summed E-state index contributed by atoms with van der Waals surface area (Å²) in [5.41, 5.74) is 6.27. The quantitative estimate of drug-likeness (QED) is 0.352. The number of methoxy groups -OCH3 is 2. The zero-order valence-corrected chi connectivity index (χ0v) is 18.7. The van der Waals surface area contributed by atoms with Crippen LogP contribution in [0.15, 0.2) is 65.6 Å². The molecule has 0 aliphatic heterocycles. The number of benzene rings is 2. The number of nitrogen functional groups attached to an aromatic ring is 1. The third kappa shape index (κ3) is 5.66. The van der Waals surface area contributed by atoms with Gasteiger partial charge in [-0.3, -0.25) is 19.0 Å². The third-order valence-corrected chi connectivity index (χ3v) is 5.04. The normalized spacial score (nSPS) is 11.4. The predicted molar refractivity (Wildman–Crippen MR) is 124 cm³/mol. The molecule has 10 nitrogen and oxygen atoms in total. The number of carbonyl (C=O) groups excluding carboxylic acids is 3. The van der Waals surface area contributed by atoms with Gasteiger partial charge in [0.25, 0.3) is 11.3 Å². The van der Waals surface area contributed by atoms with Crippen molar-refractivity contribution in [3.8, 4) is 17.1 Å². The highest BCUT2D eigenvalue weighted by Gasteiger charge is 2.28. The molecule has 0 radical (unpaired) electrons. The Kier molecular flexibility index (Phi) is 7.75. The molecule has 2 aromatic carbocycles. The Hall–Kier alpha value is -4.47. The van der Waals surface area contributed by atoms with Gasteiger partial charge in [-0.15, -0.1) is 0 Å². The van der Waals surface area contributed by atoms with Crippen molar-refractivity contribution < 1.29 is 23.9 Å². The monoisotopic (exact) mass is 464 g/mol. The number of esters is 1. The molecule has 1 aromatic heterocycles. The van der Waals surface area contributed by atoms with E-state index in [4.69, 9.17) is 10.5 Å². The summed E-state index contributed by atoms with van der Waals surface area (Å²) < 4.78 is 10.8. The summed E-state index contributed by atoms with van der Waals surface area (Å²) >= 11 is 0. The average molecular weight is 464 g/mol. The topological polar surface area (TPSA) is 143 Å². The van der Waals surface area contributed by atoms with Gasteiger partial charge in [0.15, 0.2) is 0 Å².